The molecule has 5 rings (SSSR count). The highest BCUT2D eigenvalue weighted by Crippen LogP contribution is 2.62. The van der Waals surface area contributed by atoms with Gasteiger partial charge in [-0.3, -0.25) is 14.4 Å². The second-order valence-electron chi connectivity index (χ2n) is 9.23. The molecule has 1 N–H and O–H groups in total. The topological polar surface area (TPSA) is 75.7 Å². The van der Waals surface area contributed by atoms with E-state index in [0.29, 0.717) is 29.1 Å². The van der Waals surface area contributed by atoms with Crippen LogP contribution in [0.2, 0.25) is 4.34 Å². The van der Waals surface area contributed by atoms with Gasteiger partial charge < -0.3 is 15.0 Å². The third-order valence-electron chi connectivity index (χ3n) is 6.71. The molecule has 1 aromatic heterocycles. The first-order chi connectivity index (χ1) is 13.7. The normalized spacial score (nSPS) is 32.1. The van der Waals surface area contributed by atoms with Gasteiger partial charge in [0.2, 0.25) is 5.91 Å². The number of esters is 1. The Morgan fingerprint density at radius 3 is 2.52 bits per heavy atom. The fraction of sp³-hybridized carbons (Fsp3) is 0.667. The molecule has 4 fully saturated rings. The van der Waals surface area contributed by atoms with Gasteiger partial charge in [-0.05, 0) is 62.5 Å². The molecule has 4 saturated carbocycles. The van der Waals surface area contributed by atoms with Gasteiger partial charge >= 0.3 is 5.97 Å². The van der Waals surface area contributed by atoms with Crippen LogP contribution >= 0.6 is 22.9 Å². The van der Waals surface area contributed by atoms with Gasteiger partial charge in [0.05, 0.1) is 16.3 Å². The fourth-order valence-electron chi connectivity index (χ4n) is 6.17. The number of carbonyl (C=O) groups excluding carboxylic acids is 3. The molecule has 4 aliphatic rings. The third kappa shape index (κ3) is 4.17. The van der Waals surface area contributed by atoms with Crippen molar-refractivity contribution in [2.75, 3.05) is 13.7 Å². The van der Waals surface area contributed by atoms with E-state index < -0.39 is 5.41 Å². The number of thiophene rings is 1. The predicted molar refractivity (Wildman–Crippen MR) is 110 cm³/mol. The van der Waals surface area contributed by atoms with Crippen molar-refractivity contribution < 1.29 is 19.1 Å². The number of carbonyl (C=O) groups is 3. The number of ether oxygens (including phenoxy) is 1. The Balaban J connectivity index is 1.38. The lowest BCUT2D eigenvalue weighted by Gasteiger charge is -2.60. The molecule has 0 saturated heterocycles. The average Bonchev–Trinajstić information content (AvgIpc) is 3.01. The van der Waals surface area contributed by atoms with Gasteiger partial charge in [0.25, 0.3) is 5.91 Å². The van der Waals surface area contributed by atoms with Crippen LogP contribution in [0.1, 0.15) is 50.3 Å². The monoisotopic (exact) mass is 438 g/mol. The minimum atomic E-state index is -0.563. The van der Waals surface area contributed by atoms with Crippen LogP contribution in [0.4, 0.5) is 0 Å². The molecule has 0 spiro atoms. The summed E-state index contributed by atoms with van der Waals surface area (Å²) in [4.78, 5) is 39.8. The van der Waals surface area contributed by atoms with Crippen molar-refractivity contribution in [3.63, 3.8) is 0 Å². The van der Waals surface area contributed by atoms with Crippen LogP contribution in [0.25, 0.3) is 0 Å². The molecule has 8 heteroatoms. The number of nitrogens with one attached hydrogen (secondary N) is 1. The van der Waals surface area contributed by atoms with E-state index >= 15 is 0 Å². The first kappa shape index (κ1) is 20.7. The standard InChI is InChI=1S/C21H27ClN2O4S/c1-13(25)23-21-8-14-5-15(9-21)7-20(6-14,12-21)19(27)28-11-18(26)24(2)10-16-3-4-17(22)29-16/h3-4,14-15H,5-12H2,1-2H3,(H,23,25)/t14-,15-,20?,21?/m0/s1. The number of likely N-dealkylation sites (N-methyl/N-ethyl adjacent to an activating group) is 1. The molecule has 0 unspecified atom stereocenters. The zero-order valence-corrected chi connectivity index (χ0v) is 18.4. The van der Waals surface area contributed by atoms with Gasteiger partial charge in [-0.2, -0.15) is 0 Å². The molecule has 0 aliphatic heterocycles. The SMILES string of the molecule is CC(=O)NC12C[C@H]3C[C@H](C1)CC(C(=O)OCC(=O)N(C)Cc1ccc(Cl)s1)(C3)C2. The first-order valence-corrected chi connectivity index (χ1v) is 11.3. The molecule has 0 radical (unpaired) electrons. The second kappa shape index (κ2) is 7.58. The van der Waals surface area contributed by atoms with E-state index in [-0.39, 0.29) is 29.9 Å². The number of hydrogen-bond donors (Lipinski definition) is 1. The van der Waals surface area contributed by atoms with E-state index in [1.807, 2.05) is 6.07 Å². The van der Waals surface area contributed by atoms with Gasteiger partial charge in [0, 0.05) is 24.4 Å². The Morgan fingerprint density at radius 2 is 1.93 bits per heavy atom. The van der Waals surface area contributed by atoms with Crippen LogP contribution in [0.5, 0.6) is 0 Å². The number of amides is 2. The molecular formula is C21H27ClN2O4S. The van der Waals surface area contributed by atoms with Crippen molar-refractivity contribution in [1.82, 2.24) is 10.2 Å². The largest absolute Gasteiger partial charge is 0.455 e. The highest BCUT2D eigenvalue weighted by atomic mass is 35.5. The predicted octanol–water partition coefficient (Wildman–Crippen LogP) is 3.38. The summed E-state index contributed by atoms with van der Waals surface area (Å²) < 4.78 is 6.22. The Kier molecular flexibility index (Phi) is 5.40. The van der Waals surface area contributed by atoms with Crippen LogP contribution < -0.4 is 5.32 Å². The summed E-state index contributed by atoms with van der Waals surface area (Å²) in [6.45, 7) is 1.73. The highest BCUT2D eigenvalue weighted by molar-refractivity contribution is 7.16. The van der Waals surface area contributed by atoms with Crippen molar-refractivity contribution in [3.05, 3.63) is 21.3 Å². The maximum atomic E-state index is 13.1. The van der Waals surface area contributed by atoms with E-state index in [4.69, 9.17) is 16.3 Å². The number of rotatable bonds is 6. The molecule has 4 aliphatic carbocycles. The molecule has 2 atom stereocenters. The molecule has 2 amide bonds. The summed E-state index contributed by atoms with van der Waals surface area (Å²) >= 11 is 7.37. The molecule has 0 aromatic carbocycles. The van der Waals surface area contributed by atoms with E-state index in [1.165, 1.54) is 11.3 Å². The molecule has 158 valence electrons. The Labute approximate surface area is 179 Å². The van der Waals surface area contributed by atoms with E-state index in [1.54, 1.807) is 24.9 Å². The van der Waals surface area contributed by atoms with Gasteiger partial charge in [-0.1, -0.05) is 11.6 Å². The van der Waals surface area contributed by atoms with Crippen molar-refractivity contribution in [1.29, 1.82) is 0 Å². The molecule has 29 heavy (non-hydrogen) atoms. The van der Waals surface area contributed by atoms with Crippen molar-refractivity contribution >= 4 is 40.7 Å². The minimum absolute atomic E-state index is 0.0408. The van der Waals surface area contributed by atoms with Crippen molar-refractivity contribution in [2.45, 2.75) is 57.5 Å². The third-order valence-corrected chi connectivity index (χ3v) is 7.93. The van der Waals surface area contributed by atoms with E-state index in [2.05, 4.69) is 5.32 Å². The van der Waals surface area contributed by atoms with Crippen LogP contribution in [-0.4, -0.2) is 41.9 Å². The smallest absolute Gasteiger partial charge is 0.312 e. The van der Waals surface area contributed by atoms with Crippen molar-refractivity contribution in [2.24, 2.45) is 17.3 Å². The highest BCUT2D eigenvalue weighted by Gasteiger charge is 2.61. The molecule has 6 nitrogen and oxygen atoms in total. The van der Waals surface area contributed by atoms with E-state index in [9.17, 15) is 14.4 Å². The Morgan fingerprint density at radius 1 is 1.24 bits per heavy atom. The van der Waals surface area contributed by atoms with Crippen molar-refractivity contribution in [3.8, 4) is 0 Å². The number of nitrogens with zero attached hydrogens (tertiary/aromatic N) is 1. The summed E-state index contributed by atoms with van der Waals surface area (Å²) in [5.74, 6) is 0.336. The second-order valence-corrected chi connectivity index (χ2v) is 11.0. The lowest BCUT2D eigenvalue weighted by Crippen LogP contribution is -2.64. The summed E-state index contributed by atoms with van der Waals surface area (Å²) in [6.07, 6.45) is 5.26. The quantitative estimate of drug-likeness (QED) is 0.691. The Bertz CT molecular complexity index is 824. The van der Waals surface area contributed by atoms with Gasteiger partial charge in [0.1, 0.15) is 0 Å². The fourth-order valence-corrected chi connectivity index (χ4v) is 7.31. The maximum Gasteiger partial charge on any atom is 0.312 e. The zero-order chi connectivity index (χ0) is 20.8. The summed E-state index contributed by atoms with van der Waals surface area (Å²) in [6, 6.07) is 3.69. The minimum Gasteiger partial charge on any atom is -0.455 e. The molecule has 4 bridgehead atoms. The average molecular weight is 439 g/mol. The lowest BCUT2D eigenvalue weighted by atomic mass is 9.47. The molecular weight excluding hydrogens is 412 g/mol. The van der Waals surface area contributed by atoms with E-state index in [0.717, 1.165) is 37.0 Å². The van der Waals surface area contributed by atoms with Crippen LogP contribution in [0, 0.1) is 17.3 Å². The lowest BCUT2D eigenvalue weighted by molar-refractivity contribution is -0.178. The zero-order valence-electron chi connectivity index (χ0n) is 16.8. The Hall–Kier alpha value is -1.60. The first-order valence-electron chi connectivity index (χ1n) is 10.1. The number of hydrogen-bond acceptors (Lipinski definition) is 5. The summed E-state index contributed by atoms with van der Waals surface area (Å²) in [5.41, 5.74) is -0.846. The van der Waals surface area contributed by atoms with Crippen LogP contribution in [0.3, 0.4) is 0 Å². The van der Waals surface area contributed by atoms with Crippen LogP contribution in [-0.2, 0) is 25.7 Å². The van der Waals surface area contributed by atoms with Gasteiger partial charge in [-0.25, -0.2) is 0 Å². The van der Waals surface area contributed by atoms with Crippen LogP contribution in [0.15, 0.2) is 12.1 Å². The number of halogens is 1. The van der Waals surface area contributed by atoms with Gasteiger partial charge in [-0.15, -0.1) is 11.3 Å². The maximum absolute atomic E-state index is 13.1. The molecule has 1 heterocycles. The van der Waals surface area contributed by atoms with Gasteiger partial charge in [0.15, 0.2) is 6.61 Å². The summed E-state index contributed by atoms with van der Waals surface area (Å²) in [5, 5.41) is 3.15. The summed E-state index contributed by atoms with van der Waals surface area (Å²) in [7, 11) is 1.69. The molecule has 1 aromatic rings.